The summed E-state index contributed by atoms with van der Waals surface area (Å²) in [4.78, 5) is 10.0. The first kappa shape index (κ1) is 47.2. The lowest BCUT2D eigenvalue weighted by Gasteiger charge is -2.19. The third kappa shape index (κ3) is 7.61. The monoisotopic (exact) mass is 1160 g/mol. The number of nitrogens with zero attached hydrogens (tertiary/aromatic N) is 4. The van der Waals surface area contributed by atoms with Gasteiger partial charge in [-0.05, 0) is 60.7 Å². The first-order chi connectivity index (χ1) is 30.4. The molecule has 0 N–H and O–H groups in total. The molecule has 0 spiro atoms. The van der Waals surface area contributed by atoms with Crippen LogP contribution in [-0.4, -0.2) is 18.6 Å². The largest absolute Gasteiger partial charge is 0.303 e. The van der Waals surface area contributed by atoms with Crippen LogP contribution in [0.3, 0.4) is 0 Å². The molecule has 5 heterocycles. The molecule has 4 nitrogen and oxygen atoms in total. The van der Waals surface area contributed by atoms with E-state index in [1.807, 2.05) is 0 Å². The van der Waals surface area contributed by atoms with E-state index >= 15 is 0 Å². The number of fused-ring (bicyclic) bond motifs is 8. The summed E-state index contributed by atoms with van der Waals surface area (Å²) in [5.74, 6) is 0. The molecule has 8 bridgehead atoms. The standard InChI is InChI=1S/C44H14Cl16N4/c45-17-5-1-6-18(46)26(17)16-13-15-14-25-31(53)35(57)44(64(25)60)37(59)40-34(56)33(55)39(62-40)36(58)43-32(54)29(27-19(47)7-2-8-20(27)48)42(63(43)41-23(51)11-4-12-24(41)52)30(38(16)61-15)28-21(49)9-3-10-22(28)50/h1-14H. The smallest absolute Gasteiger partial charge is 0.105 e. The Morgan fingerprint density at radius 3 is 1.31 bits per heavy atom. The highest BCUT2D eigenvalue weighted by Crippen LogP contribution is 2.56. The number of aromatic nitrogens is 4. The van der Waals surface area contributed by atoms with Gasteiger partial charge in [-0.2, -0.15) is 0 Å². The predicted octanol–water partition coefficient (Wildman–Crippen LogP) is 21.0. The summed E-state index contributed by atoms with van der Waals surface area (Å²) in [6.45, 7) is 0. The van der Waals surface area contributed by atoms with E-state index in [0.29, 0.717) is 11.1 Å². The summed E-state index contributed by atoms with van der Waals surface area (Å²) in [5.41, 5.74) is 2.45. The van der Waals surface area contributed by atoms with Gasteiger partial charge in [-0.1, -0.05) is 198 Å². The third-order valence-electron chi connectivity index (χ3n) is 10.2. The van der Waals surface area contributed by atoms with Gasteiger partial charge in [-0.15, -0.1) is 0 Å². The van der Waals surface area contributed by atoms with Gasteiger partial charge in [0.25, 0.3) is 0 Å². The molecule has 0 saturated carbocycles. The van der Waals surface area contributed by atoms with Gasteiger partial charge >= 0.3 is 0 Å². The van der Waals surface area contributed by atoms with E-state index < -0.39 is 0 Å². The predicted molar refractivity (Wildman–Crippen MR) is 279 cm³/mol. The molecule has 0 saturated heterocycles. The molecular formula is C44H14Cl16N4. The average Bonchev–Trinajstić information content (AvgIpc) is 3.93. The molecule has 0 fully saturated rings. The number of hydrogen-bond donors (Lipinski definition) is 0. The Morgan fingerprint density at radius 2 is 0.812 bits per heavy atom. The van der Waals surface area contributed by atoms with E-state index in [-0.39, 0.29) is 148 Å². The Balaban J connectivity index is 1.75. The molecule has 0 amide bonds. The summed E-state index contributed by atoms with van der Waals surface area (Å²) < 4.78 is 2.74. The van der Waals surface area contributed by atoms with E-state index in [1.165, 1.54) is 0 Å². The second-order valence-corrected chi connectivity index (χ2v) is 20.0. The Bertz CT molecular complexity index is 3400. The van der Waals surface area contributed by atoms with E-state index in [4.69, 9.17) is 196 Å². The zero-order valence-corrected chi connectivity index (χ0v) is 43.0. The Kier molecular flexibility index (Phi) is 13.4. The van der Waals surface area contributed by atoms with Crippen molar-refractivity contribution < 1.29 is 0 Å². The molecule has 3 aromatic heterocycles. The minimum Gasteiger partial charge on any atom is -0.303 e. The van der Waals surface area contributed by atoms with Gasteiger partial charge in [0.05, 0.1) is 104 Å². The number of rotatable bonds is 4. The van der Waals surface area contributed by atoms with Gasteiger partial charge in [0.15, 0.2) is 0 Å². The molecule has 0 atom stereocenters. The second kappa shape index (κ2) is 18.2. The molecule has 2 aliphatic rings. The van der Waals surface area contributed by atoms with E-state index in [2.05, 4.69) is 0 Å². The van der Waals surface area contributed by atoms with E-state index in [1.54, 1.807) is 89.5 Å². The van der Waals surface area contributed by atoms with Gasteiger partial charge in [-0.25, -0.2) is 14.1 Å². The van der Waals surface area contributed by atoms with Crippen molar-refractivity contribution in [2.75, 3.05) is 0 Å². The lowest BCUT2D eigenvalue weighted by atomic mass is 9.93. The zero-order chi connectivity index (χ0) is 45.8. The summed E-state index contributed by atoms with van der Waals surface area (Å²) in [7, 11) is 0. The van der Waals surface area contributed by atoms with Crippen molar-refractivity contribution in [1.29, 1.82) is 0 Å². The van der Waals surface area contributed by atoms with Crippen LogP contribution in [0.25, 0.3) is 71.7 Å². The van der Waals surface area contributed by atoms with Crippen LogP contribution >= 0.6 is 186 Å². The first-order valence-electron chi connectivity index (χ1n) is 17.9. The molecule has 64 heavy (non-hydrogen) atoms. The molecule has 7 aromatic rings. The summed E-state index contributed by atoms with van der Waals surface area (Å²) in [6.07, 6.45) is 1.71. The maximum atomic E-state index is 7.77. The highest BCUT2D eigenvalue weighted by atomic mass is 35.5. The van der Waals surface area contributed by atoms with Gasteiger partial charge in [-0.3, -0.25) is 0 Å². The summed E-state index contributed by atoms with van der Waals surface area (Å²) in [5, 5.41) is 0.823. The van der Waals surface area contributed by atoms with Crippen molar-refractivity contribution in [2.45, 2.75) is 0 Å². The van der Waals surface area contributed by atoms with Gasteiger partial charge in [0, 0.05) is 55.2 Å². The van der Waals surface area contributed by atoms with Crippen molar-refractivity contribution in [3.05, 3.63) is 172 Å². The van der Waals surface area contributed by atoms with Crippen molar-refractivity contribution >= 4 is 230 Å². The normalized spacial score (nSPS) is 12.7. The third-order valence-corrected chi connectivity index (χ3v) is 15.8. The Labute approximate surface area is 443 Å². The minimum absolute atomic E-state index is 0.00170. The fourth-order valence-electron chi connectivity index (χ4n) is 7.49. The molecule has 0 aliphatic carbocycles. The molecule has 2 aliphatic heterocycles. The molecular weight excluding hydrogens is 1150 g/mol. The lowest BCUT2D eigenvalue weighted by molar-refractivity contribution is 1.17. The van der Waals surface area contributed by atoms with Gasteiger partial charge in [0.2, 0.25) is 0 Å². The van der Waals surface area contributed by atoms with Crippen LogP contribution in [-0.2, 0) is 0 Å². The highest BCUT2D eigenvalue weighted by molar-refractivity contribution is 6.67. The van der Waals surface area contributed by atoms with Crippen molar-refractivity contribution in [2.24, 2.45) is 0 Å². The molecule has 9 rings (SSSR count). The lowest BCUT2D eigenvalue weighted by Crippen LogP contribution is -2.02. The topological polar surface area (TPSA) is 35.6 Å². The number of para-hydroxylation sites is 1. The van der Waals surface area contributed by atoms with Crippen LogP contribution in [0.5, 0.6) is 0 Å². The molecule has 0 unspecified atom stereocenters. The molecule has 4 aromatic carbocycles. The van der Waals surface area contributed by atoms with E-state index in [0.717, 1.165) is 4.09 Å². The van der Waals surface area contributed by atoms with E-state index in [9.17, 15) is 0 Å². The van der Waals surface area contributed by atoms with Gasteiger partial charge in [0.1, 0.15) is 11.4 Å². The Hall–Kier alpha value is -1.88. The maximum absolute atomic E-state index is 7.77. The molecule has 322 valence electrons. The number of halogens is 16. The van der Waals surface area contributed by atoms with Crippen molar-refractivity contribution in [1.82, 2.24) is 18.6 Å². The summed E-state index contributed by atoms with van der Waals surface area (Å²) >= 11 is 115. The SMILES string of the molecule is ClC1=C(Cl)c2nc1c(Cl)c1c(Cl)c(Cl)c(cc3nc(c(-c4c(Cl)cccc4Cl)c4c(-c5c(Cl)cccc5Cl)c(Cl)c(c2Cl)n4-c2c(Cl)cccc2Cl)C(c2c(Cl)cccc2Cl)=C3)n1Cl. The zero-order valence-electron chi connectivity index (χ0n) is 30.9. The van der Waals surface area contributed by atoms with Crippen LogP contribution in [0.4, 0.5) is 0 Å². The summed E-state index contributed by atoms with van der Waals surface area (Å²) in [6, 6.07) is 21.4. The second-order valence-electron chi connectivity index (χ2n) is 13.8. The fourth-order valence-corrected chi connectivity index (χ4v) is 12.4. The highest BCUT2D eigenvalue weighted by Gasteiger charge is 2.34. The number of hydrogen-bond acceptors (Lipinski definition) is 2. The quantitative estimate of drug-likeness (QED) is 0.176. The Morgan fingerprint density at radius 1 is 0.375 bits per heavy atom. The fraction of sp³-hybridized carbons (Fsp3) is 0. The van der Waals surface area contributed by atoms with Crippen LogP contribution in [0.15, 0.2) is 78.9 Å². The average molecular weight is 1170 g/mol. The molecule has 0 radical (unpaired) electrons. The van der Waals surface area contributed by atoms with Crippen molar-refractivity contribution in [3.63, 3.8) is 0 Å². The van der Waals surface area contributed by atoms with Crippen LogP contribution in [0.1, 0.15) is 28.3 Å². The van der Waals surface area contributed by atoms with Crippen LogP contribution in [0, 0.1) is 0 Å². The van der Waals surface area contributed by atoms with Crippen LogP contribution < -0.4 is 0 Å². The molecule has 20 heteroatoms. The van der Waals surface area contributed by atoms with Gasteiger partial charge < -0.3 is 4.57 Å². The number of benzene rings is 4. The first-order valence-corrected chi connectivity index (χ1v) is 23.9. The minimum atomic E-state index is -0.180. The van der Waals surface area contributed by atoms with Crippen molar-refractivity contribution in [3.8, 4) is 27.9 Å². The van der Waals surface area contributed by atoms with Crippen LogP contribution in [0.2, 0.25) is 65.3 Å². The maximum Gasteiger partial charge on any atom is 0.105 e.